The number of nitrogens with two attached hydrogens (primary N) is 1. The van der Waals surface area contributed by atoms with Gasteiger partial charge in [-0.05, 0) is 186 Å². The predicted octanol–water partition coefficient (Wildman–Crippen LogP) is 8.08. The number of nitro groups is 4. The van der Waals surface area contributed by atoms with Crippen LogP contribution in [0, 0.1) is 40.5 Å². The smallest absolute Gasteiger partial charge is 1.00 e. The van der Waals surface area contributed by atoms with Crippen molar-refractivity contribution in [3.05, 3.63) is 268 Å². The molecule has 6 unspecified atom stereocenters. The van der Waals surface area contributed by atoms with E-state index in [1.807, 2.05) is 113 Å². The van der Waals surface area contributed by atoms with Crippen LogP contribution in [0.3, 0.4) is 0 Å². The number of aliphatic hydroxyl groups is 4. The van der Waals surface area contributed by atoms with Gasteiger partial charge in [0.05, 0.1) is 82.0 Å². The van der Waals surface area contributed by atoms with E-state index in [2.05, 4.69) is 35.2 Å². The van der Waals surface area contributed by atoms with Gasteiger partial charge in [-0.2, -0.15) is 0 Å². The van der Waals surface area contributed by atoms with Gasteiger partial charge in [-0.1, -0.05) is 39.8 Å². The Balaban J connectivity index is 0.000000413. The maximum atomic E-state index is 13.1. The van der Waals surface area contributed by atoms with E-state index >= 15 is 0 Å². The molecule has 4 aliphatic rings. The van der Waals surface area contributed by atoms with E-state index in [9.17, 15) is 64.7 Å². The molecule has 8 aromatic carbocycles. The van der Waals surface area contributed by atoms with Crippen LogP contribution in [0.15, 0.2) is 182 Å². The van der Waals surface area contributed by atoms with E-state index in [0.717, 1.165) is 119 Å². The molecule has 6 aromatic heterocycles. The number of esters is 2. The Bertz CT molecular complexity index is 6270. The molecule has 136 heavy (non-hydrogen) atoms. The fourth-order valence-corrected chi connectivity index (χ4v) is 14.3. The Hall–Kier alpha value is -11.1. The quantitative estimate of drug-likeness (QED) is 0.00945. The first-order valence-electron chi connectivity index (χ1n) is 41.4. The van der Waals surface area contributed by atoms with E-state index < -0.39 is 67.2 Å². The molecule has 37 nitrogen and oxygen atoms in total. The maximum Gasteiger partial charge on any atom is 1.00 e. The van der Waals surface area contributed by atoms with Gasteiger partial charge in [-0.15, -0.1) is 0 Å². The summed E-state index contributed by atoms with van der Waals surface area (Å²) < 4.78 is 31.1. The topological polar surface area (TPSA) is 593 Å². The number of carboxylic acid groups (broad SMARTS) is 1. The number of ether oxygens (including phenoxy) is 6. The number of aromatic nitrogens is 6. The monoisotopic (exact) mass is 2040 g/mol. The molecule has 0 bridgehead atoms. The number of hydrogen-bond donors (Lipinski definition) is 13. The second kappa shape index (κ2) is 52.4. The molecule has 0 saturated heterocycles. The number of fused-ring (bicyclic) bond motifs is 8. The number of halogens is 2. The SMILES string of the molecule is CC(CO)c1cc2cc(N)ccc2[nH]1.CC(CO)c1cc2cc(NC(=O)C3(c4ccc5c(c4)OCO5)CC3)ccc2[nH]1.CC(CO)c1cc2cc([N+](=O)[O-])ccc2[nH]1.CC(CO)c1cc2cc([N+](=O)[O-])ccc2[nH]1.CCOC(=O)C(C)c1cc2cc([N+](=O)[O-])ccc2[nH]1.CCOC(=O)C(C)c1cc2cc([N+](=O)[O-])ccc2[nH]1.O.O.O=C(O)C1(c2ccc3c(c2)OCO3)CC1.[AlH3].[AlH3].[Cl][Sn][Cl].[H-].[H-].[Li+].[Li+]. The van der Waals surface area contributed by atoms with Crippen molar-refractivity contribution < 1.29 is 144 Å². The minimum atomic E-state index is -0.826. The number of carbonyl (C=O) groups is 4. The molecule has 6 atom stereocenters. The number of aliphatic carboxylic acids is 1. The summed E-state index contributed by atoms with van der Waals surface area (Å²) in [6, 6.07) is 52.3. The molecule has 18 rings (SSSR count). The van der Waals surface area contributed by atoms with Crippen LogP contribution in [0.2, 0.25) is 0 Å². The summed E-state index contributed by atoms with van der Waals surface area (Å²) in [7, 11) is 9.87. The van der Waals surface area contributed by atoms with Crippen LogP contribution in [-0.2, 0) is 39.5 Å². The summed E-state index contributed by atoms with van der Waals surface area (Å²) in [4.78, 5) is 107. The fraction of sp³-hybridized carbons (Fsp3) is 0.304. The van der Waals surface area contributed by atoms with Gasteiger partial charge in [0.15, 0.2) is 57.7 Å². The summed E-state index contributed by atoms with van der Waals surface area (Å²) in [5, 5.41) is 96.4. The number of hydrogen-bond acceptors (Lipinski definition) is 23. The summed E-state index contributed by atoms with van der Waals surface area (Å²) in [6.07, 6.45) is 3.07. The van der Waals surface area contributed by atoms with Gasteiger partial charge in [0.2, 0.25) is 19.5 Å². The molecule has 1 amide bonds. The van der Waals surface area contributed by atoms with E-state index in [-0.39, 0.29) is 191 Å². The maximum absolute atomic E-state index is 13.1. The zero-order valence-corrected chi connectivity index (χ0v) is 79.3. The Labute approximate surface area is 844 Å². The Morgan fingerprint density at radius 3 is 0.993 bits per heavy atom. The predicted molar refractivity (Wildman–Crippen MR) is 523 cm³/mol. The molecule has 2 aliphatic carbocycles. The van der Waals surface area contributed by atoms with Crippen molar-refractivity contribution in [1.82, 2.24) is 29.9 Å². The van der Waals surface area contributed by atoms with Gasteiger partial charge < -0.3 is 109 Å². The van der Waals surface area contributed by atoms with Crippen LogP contribution < -0.4 is 67.7 Å². The van der Waals surface area contributed by atoms with Crippen molar-refractivity contribution in [3.8, 4) is 23.0 Å². The molecule has 2 fully saturated rings. The molecular formula is C92H110Al2Cl2Li2N12O25Sn. The number of benzene rings is 8. The van der Waals surface area contributed by atoms with Gasteiger partial charge in [0, 0.05) is 183 Å². The first kappa shape index (κ1) is 115. The van der Waals surface area contributed by atoms with Crippen molar-refractivity contribution in [2.45, 2.75) is 127 Å². The van der Waals surface area contributed by atoms with Crippen molar-refractivity contribution in [2.24, 2.45) is 0 Å². The van der Waals surface area contributed by atoms with Gasteiger partial charge in [-0.3, -0.25) is 59.6 Å². The van der Waals surface area contributed by atoms with Crippen molar-refractivity contribution >= 4 is 195 Å². The van der Waals surface area contributed by atoms with Crippen LogP contribution >= 0.6 is 17.8 Å². The number of nitrogen functional groups attached to an aromatic ring is 1. The standard InChI is InChI=1S/C22H22N2O4.2C13H14N2O4.2C11H12N2O3.C11H14N2O.C11H10O4.2Al.2ClH.2Li.2H2O.Sn.8H/c1-13(11-25)18-9-14-8-16(3-4-17(14)24-18)23-21(26)22(6-7-22)15-2-5-19-20(10-15)28-12-27-19;2*1-3-19-13(16)8(2)12-7-9-6-10(15(17)18)4-5-11(9)14-12;2*1-7(6-14)11-5-8-4-9(13(15)16)2-3-10(8)12-11;1-7(6-14)11-5-8-4-9(12)2-3-10(8)13-11;12-10(13)11(3-4-11)7-1-2-8-9(5-7)15-6-14-8;;;;;;;;;;;;;;;;;/h2-5,8-10,13,24-25H,6-7,11-12H2,1H3,(H,23,26);2*4-8,14H,3H2,1-2H3;2*2-5,7,12,14H,6H2,1H3;2-5,7,13-14H,6,12H2,1H3;1-2,5H,3-4,6H2,(H,12,13);;;2*1H;;;2*1H2;;;;;;;;;/q;;;;;;;;;;;2*+1;;;+2;;;;;;;2*-1/p-2. The van der Waals surface area contributed by atoms with E-state index in [1.165, 1.54) is 48.5 Å². The molecule has 2 radical (unpaired) electrons. The van der Waals surface area contributed by atoms with Gasteiger partial charge in [0.1, 0.15) is 0 Å². The number of non-ortho nitro benzene ring substituents is 4. The minimum absolute atomic E-state index is 0. The molecule has 14 aromatic rings. The third-order valence-electron chi connectivity index (χ3n) is 22.5. The Kier molecular flexibility index (Phi) is 44.5. The summed E-state index contributed by atoms with van der Waals surface area (Å²) in [5.41, 5.74) is 18.5. The number of nitrogens with one attached hydrogen (secondary N) is 7. The second-order valence-electron chi connectivity index (χ2n) is 31.5. The average Bonchev–Trinajstić information content (AvgIpc) is 1.59. The number of aliphatic hydroxyl groups excluding tert-OH is 4. The van der Waals surface area contributed by atoms with Crippen molar-refractivity contribution in [3.63, 3.8) is 0 Å². The van der Waals surface area contributed by atoms with Gasteiger partial charge >= 0.3 is 92.4 Å². The van der Waals surface area contributed by atoms with E-state index in [4.69, 9.17) is 72.4 Å². The normalized spacial score (nSPS) is 13.8. The number of carboxylic acids is 1. The zero-order chi connectivity index (χ0) is 94.0. The number of aromatic amines is 6. The van der Waals surface area contributed by atoms with Crippen molar-refractivity contribution in [1.29, 1.82) is 0 Å². The fourth-order valence-electron chi connectivity index (χ4n) is 14.3. The zero-order valence-electron chi connectivity index (χ0n) is 77.0. The molecule has 2 saturated carbocycles. The van der Waals surface area contributed by atoms with Crippen LogP contribution in [0.1, 0.15) is 165 Å². The number of rotatable bonds is 23. The molecule has 714 valence electrons. The number of H-pyrrole nitrogens is 6. The third kappa shape index (κ3) is 28.5. The number of anilines is 2. The van der Waals surface area contributed by atoms with Crippen LogP contribution in [0.5, 0.6) is 23.0 Å². The van der Waals surface area contributed by atoms with Crippen LogP contribution in [0.4, 0.5) is 34.1 Å². The summed E-state index contributed by atoms with van der Waals surface area (Å²) >= 11 is -0.826. The van der Waals surface area contributed by atoms with E-state index in [1.54, 1.807) is 76.2 Å². The molecular weight excluding hydrogens is 1930 g/mol. The van der Waals surface area contributed by atoms with E-state index in [0.29, 0.717) is 65.5 Å². The summed E-state index contributed by atoms with van der Waals surface area (Å²) in [5.74, 6) is 0.755. The molecule has 2 aliphatic heterocycles. The molecule has 18 N–H and O–H groups in total. The van der Waals surface area contributed by atoms with Crippen LogP contribution in [0.25, 0.3) is 65.4 Å². The van der Waals surface area contributed by atoms with Crippen molar-refractivity contribution in [2.75, 3.05) is 64.3 Å². The Morgan fingerprint density at radius 1 is 0.426 bits per heavy atom. The minimum Gasteiger partial charge on any atom is -1.00 e. The number of nitro benzene ring substituents is 4. The van der Waals surface area contributed by atoms with Gasteiger partial charge in [-0.25, -0.2) is 0 Å². The summed E-state index contributed by atoms with van der Waals surface area (Å²) in [6.45, 7) is 16.1. The first-order chi connectivity index (χ1) is 62.2. The number of amides is 1. The number of carbonyl (C=O) groups excluding carboxylic acids is 3. The molecule has 0 spiro atoms. The first-order valence-corrected chi connectivity index (χ1v) is 48.6. The number of nitrogens with zero attached hydrogens (tertiary/aromatic N) is 4. The Morgan fingerprint density at radius 2 is 0.699 bits per heavy atom. The third-order valence-corrected chi connectivity index (χ3v) is 22.5. The molecule has 8 heterocycles. The van der Waals surface area contributed by atoms with Gasteiger partial charge in [0.25, 0.3) is 22.7 Å². The molecule has 44 heteroatoms. The average molecular weight is 2040 g/mol. The largest absolute Gasteiger partial charge is 1.00 e. The van der Waals surface area contributed by atoms with Crippen LogP contribution in [-0.4, -0.2) is 217 Å². The second-order valence-corrected chi connectivity index (χ2v) is 35.8.